The quantitative estimate of drug-likeness (QED) is 0.159. The third-order valence-electron chi connectivity index (χ3n) is 8.81. The predicted octanol–water partition coefficient (Wildman–Crippen LogP) is 1.18. The van der Waals surface area contributed by atoms with E-state index in [1.807, 2.05) is 38.1 Å². The number of primary amides is 1. The largest absolute Gasteiger partial charge is 0.481 e. The van der Waals surface area contributed by atoms with Crippen LogP contribution in [0.25, 0.3) is 10.9 Å². The van der Waals surface area contributed by atoms with E-state index in [1.54, 1.807) is 20.0 Å². The van der Waals surface area contributed by atoms with Crippen molar-refractivity contribution in [2.45, 2.75) is 96.9 Å². The molecular weight excluding hydrogens is 739 g/mol. The predicted molar refractivity (Wildman–Crippen MR) is 206 cm³/mol. The molecule has 9 N–H and O–H groups in total. The highest BCUT2D eigenvalue weighted by molar-refractivity contribution is 8.76. The second-order valence-corrected chi connectivity index (χ2v) is 16.7. The number of ketones is 1. The summed E-state index contributed by atoms with van der Waals surface area (Å²) < 4.78 is 0. The fraction of sp³-hybridized carbons (Fsp3) is 0.556. The molecule has 0 radical (unpaired) electrons. The Hall–Kier alpha value is -4.58. The lowest BCUT2D eigenvalue weighted by Gasteiger charge is -2.29. The Kier molecular flexibility index (Phi) is 16.8. The maximum Gasteiger partial charge on any atom is 0.303 e. The van der Waals surface area contributed by atoms with Crippen LogP contribution in [0, 0.1) is 17.8 Å². The number of nitrogens with one attached hydrogen (secondary N) is 6. The van der Waals surface area contributed by atoms with Crippen molar-refractivity contribution >= 4 is 79.7 Å². The van der Waals surface area contributed by atoms with Crippen LogP contribution < -0.4 is 32.3 Å². The Balaban J connectivity index is 2.08. The van der Waals surface area contributed by atoms with Gasteiger partial charge >= 0.3 is 5.97 Å². The number of hydrogen-bond donors (Lipinski definition) is 8. The number of nitrogens with two attached hydrogens (primary N) is 1. The van der Waals surface area contributed by atoms with Crippen molar-refractivity contribution < 1.29 is 43.5 Å². The summed E-state index contributed by atoms with van der Waals surface area (Å²) in [6.45, 7) is 8.42. The average molecular weight is 790 g/mol. The van der Waals surface area contributed by atoms with Crippen molar-refractivity contribution in [2.75, 3.05) is 11.5 Å². The van der Waals surface area contributed by atoms with E-state index in [4.69, 9.17) is 5.73 Å². The van der Waals surface area contributed by atoms with Crippen LogP contribution in [0.3, 0.4) is 0 Å². The zero-order valence-corrected chi connectivity index (χ0v) is 32.7. The highest BCUT2D eigenvalue weighted by Gasteiger charge is 2.35. The van der Waals surface area contributed by atoms with Gasteiger partial charge in [0.15, 0.2) is 5.78 Å². The number of carboxylic acids is 1. The number of fused-ring (bicyclic) bond motifs is 1. The Morgan fingerprint density at radius 3 is 2.19 bits per heavy atom. The summed E-state index contributed by atoms with van der Waals surface area (Å²) in [5.41, 5.74) is 7.11. The number of carbonyl (C=O) groups excluding carboxylic acids is 7. The van der Waals surface area contributed by atoms with Gasteiger partial charge in [-0.1, -0.05) is 67.5 Å². The number of benzene rings is 1. The van der Waals surface area contributed by atoms with Crippen LogP contribution in [0.5, 0.6) is 0 Å². The van der Waals surface area contributed by atoms with Crippen molar-refractivity contribution in [3.63, 3.8) is 0 Å². The van der Waals surface area contributed by atoms with Gasteiger partial charge in [-0.25, -0.2) is 0 Å². The molecule has 6 amide bonds. The van der Waals surface area contributed by atoms with E-state index in [2.05, 4.69) is 31.6 Å². The van der Waals surface area contributed by atoms with Gasteiger partial charge in [-0.2, -0.15) is 0 Å². The highest BCUT2D eigenvalue weighted by Crippen LogP contribution is 2.25. The highest BCUT2D eigenvalue weighted by atomic mass is 33.1. The third-order valence-corrected chi connectivity index (χ3v) is 11.2. The van der Waals surface area contributed by atoms with Crippen molar-refractivity contribution in [3.8, 4) is 0 Å². The molecule has 296 valence electrons. The molecule has 54 heavy (non-hydrogen) atoms. The van der Waals surface area contributed by atoms with Gasteiger partial charge in [0.2, 0.25) is 35.4 Å². The second kappa shape index (κ2) is 20.8. The van der Waals surface area contributed by atoms with Crippen molar-refractivity contribution in [3.05, 3.63) is 36.0 Å². The Morgan fingerprint density at radius 1 is 0.889 bits per heavy atom. The molecule has 0 unspecified atom stereocenters. The number of hydrogen-bond acceptors (Lipinski definition) is 10. The number of aromatic amines is 1. The molecule has 2 heterocycles. The van der Waals surface area contributed by atoms with E-state index in [9.17, 15) is 43.5 Å². The minimum absolute atomic E-state index is 0.00547. The molecule has 1 aliphatic heterocycles. The summed E-state index contributed by atoms with van der Waals surface area (Å²) in [6, 6.07) is 1.48. The number of para-hydroxylation sites is 1. The minimum Gasteiger partial charge on any atom is -0.481 e. The van der Waals surface area contributed by atoms with Crippen LogP contribution in [0.2, 0.25) is 0 Å². The van der Waals surface area contributed by atoms with Gasteiger partial charge in [0.1, 0.15) is 24.2 Å². The lowest BCUT2D eigenvalue weighted by Crippen LogP contribution is -2.58. The summed E-state index contributed by atoms with van der Waals surface area (Å²) in [5.74, 6) is -7.57. The molecule has 1 fully saturated rings. The van der Waals surface area contributed by atoms with Gasteiger partial charge in [0, 0.05) is 54.3 Å². The van der Waals surface area contributed by atoms with Gasteiger partial charge in [-0.3, -0.25) is 38.4 Å². The van der Waals surface area contributed by atoms with Crippen LogP contribution in [-0.4, -0.2) is 99.0 Å². The molecule has 0 bridgehead atoms. The monoisotopic (exact) mass is 789 g/mol. The molecule has 18 heteroatoms. The molecule has 0 aliphatic carbocycles. The number of carboxylic acid groups (broad SMARTS) is 1. The van der Waals surface area contributed by atoms with E-state index in [0.717, 1.165) is 32.5 Å². The lowest BCUT2D eigenvalue weighted by atomic mass is 9.88. The number of carbonyl (C=O) groups is 8. The molecule has 1 aliphatic rings. The van der Waals surface area contributed by atoms with Crippen molar-refractivity contribution in [1.82, 2.24) is 31.6 Å². The van der Waals surface area contributed by atoms with E-state index in [1.165, 1.54) is 6.92 Å². The van der Waals surface area contributed by atoms with Crippen LogP contribution >= 0.6 is 21.6 Å². The van der Waals surface area contributed by atoms with Crippen LogP contribution in [0.4, 0.5) is 0 Å². The number of Topliss-reactive ketones (excluding diaryl/α,β-unsaturated/α-hetero) is 1. The van der Waals surface area contributed by atoms with E-state index >= 15 is 0 Å². The molecule has 0 spiro atoms. The van der Waals surface area contributed by atoms with Gasteiger partial charge in [0.25, 0.3) is 0 Å². The fourth-order valence-electron chi connectivity index (χ4n) is 5.96. The topological polar surface area (TPSA) is 259 Å². The first-order valence-corrected chi connectivity index (χ1v) is 20.3. The zero-order chi connectivity index (χ0) is 40.1. The first-order valence-electron chi connectivity index (χ1n) is 17.8. The van der Waals surface area contributed by atoms with Crippen LogP contribution in [-0.2, 0) is 44.8 Å². The number of H-pyrrole nitrogens is 1. The maximum atomic E-state index is 14.2. The average Bonchev–Trinajstić information content (AvgIpc) is 3.50. The standard InChI is InChI=1S/C36H51N7O9S2/c1-18(2)12-26-29(45)14-21(13-22-15-38-24-9-7-6-8-23(22)24)33(49)40-25(10-11-30(46)47)34(50)42-27(32(37)48)16-53-54-17-28(39-20(5)44)35(51)43-31(19(3)4)36(52)41-26/h6-9,15,18-19,21,25-28,31,38H,10-14,16-17H2,1-5H3,(H2,37,48)(H,39,44)(H,40,49)(H,41,52)(H,42,50)(H,43,51)(H,46,47)/t21-,25+,26-,27-,28-,31+/m0/s1. The Labute approximate surface area is 321 Å². The molecular formula is C36H51N7O9S2. The SMILES string of the molecule is CC(=O)N[C@H]1CSSC[C@@H](C(N)=O)NC(=O)[C@@H](CCC(=O)O)NC(=O)[C@@H](Cc2c[nH]c3ccccc23)CC(=O)[C@H](CC(C)C)NC(=O)[C@@H](C(C)C)NC1=O. The maximum absolute atomic E-state index is 14.2. The number of aliphatic carboxylic acids is 1. The molecule has 6 atom stereocenters. The van der Waals surface area contributed by atoms with E-state index in [0.29, 0.717) is 5.56 Å². The van der Waals surface area contributed by atoms with E-state index in [-0.39, 0.29) is 43.1 Å². The number of rotatable bonds is 10. The summed E-state index contributed by atoms with van der Waals surface area (Å²) in [5, 5.41) is 23.5. The minimum atomic E-state index is -1.41. The second-order valence-electron chi connectivity index (χ2n) is 14.1. The smallest absolute Gasteiger partial charge is 0.303 e. The lowest BCUT2D eigenvalue weighted by molar-refractivity contribution is -0.138. The normalized spacial score (nSPS) is 24.3. The van der Waals surface area contributed by atoms with Gasteiger partial charge in [-0.15, -0.1) is 0 Å². The van der Waals surface area contributed by atoms with Crippen LogP contribution in [0.15, 0.2) is 30.5 Å². The summed E-state index contributed by atoms with van der Waals surface area (Å²) in [6.07, 6.45) is 0.790. The third kappa shape index (κ3) is 13.4. The molecule has 0 saturated carbocycles. The molecule has 1 saturated heterocycles. The zero-order valence-electron chi connectivity index (χ0n) is 31.1. The molecule has 3 rings (SSSR count). The Morgan fingerprint density at radius 2 is 1.56 bits per heavy atom. The van der Waals surface area contributed by atoms with Gasteiger partial charge < -0.3 is 42.4 Å². The summed E-state index contributed by atoms with van der Waals surface area (Å²) >= 11 is 0. The summed E-state index contributed by atoms with van der Waals surface area (Å²) in [7, 11) is 2.18. The fourth-order valence-corrected chi connectivity index (χ4v) is 8.30. The van der Waals surface area contributed by atoms with Gasteiger partial charge in [0.05, 0.1) is 6.04 Å². The first kappa shape index (κ1) is 43.8. The van der Waals surface area contributed by atoms with Crippen LogP contribution in [0.1, 0.15) is 65.9 Å². The molecule has 1 aromatic carbocycles. The molecule has 16 nitrogen and oxygen atoms in total. The Bertz CT molecular complexity index is 1700. The van der Waals surface area contributed by atoms with Crippen molar-refractivity contribution in [1.29, 1.82) is 0 Å². The summed E-state index contributed by atoms with van der Waals surface area (Å²) in [4.78, 5) is 108. The molecule has 2 aromatic rings. The number of aromatic nitrogens is 1. The van der Waals surface area contributed by atoms with Gasteiger partial charge in [-0.05, 0) is 42.7 Å². The van der Waals surface area contributed by atoms with E-state index < -0.39 is 95.7 Å². The van der Waals surface area contributed by atoms with Crippen molar-refractivity contribution in [2.24, 2.45) is 23.5 Å². The molecule has 1 aromatic heterocycles. The first-order chi connectivity index (χ1) is 25.5. The number of amides is 6.